The van der Waals surface area contributed by atoms with Crippen molar-refractivity contribution in [3.63, 3.8) is 0 Å². The van der Waals surface area contributed by atoms with Crippen molar-refractivity contribution in [3.8, 4) is 0 Å². The third kappa shape index (κ3) is 6.37. The maximum atomic E-state index is 12.4. The number of hydrogen-bond donors (Lipinski definition) is 2. The minimum absolute atomic E-state index is 0.00184. The second-order valence-electron chi connectivity index (χ2n) is 7.71. The Bertz CT molecular complexity index is 1250. The second kappa shape index (κ2) is 11.0. The lowest BCUT2D eigenvalue weighted by molar-refractivity contribution is -0.131. The molecule has 0 aliphatic carbocycles. The monoisotopic (exact) mass is 524 g/mol. The number of nitrogens with one attached hydrogen (secondary N) is 1. The van der Waals surface area contributed by atoms with Crippen molar-refractivity contribution in [1.82, 2.24) is 10.2 Å². The third-order valence-corrected chi connectivity index (χ3v) is 7.56. The van der Waals surface area contributed by atoms with Crippen LogP contribution in [0.2, 0.25) is 10.0 Å². The van der Waals surface area contributed by atoms with E-state index in [1.165, 1.54) is 12.1 Å². The lowest BCUT2D eigenvalue weighted by atomic mass is 10.1. The van der Waals surface area contributed by atoms with Crippen molar-refractivity contribution in [1.29, 1.82) is 0 Å². The van der Waals surface area contributed by atoms with Crippen LogP contribution in [0, 0.1) is 0 Å². The van der Waals surface area contributed by atoms with Crippen LogP contribution in [0.4, 0.5) is 0 Å². The van der Waals surface area contributed by atoms with E-state index in [0.29, 0.717) is 22.9 Å². The van der Waals surface area contributed by atoms with Gasteiger partial charge in [0, 0.05) is 6.54 Å². The highest BCUT2D eigenvalue weighted by Crippen LogP contribution is 2.23. The molecule has 0 spiro atoms. The number of hydrogen-bond acceptors (Lipinski definition) is 6. The van der Waals surface area contributed by atoms with Crippen LogP contribution in [0.1, 0.15) is 12.0 Å². The number of aliphatic hydroxyl groups is 1. The number of aryl methyl sites for hydroxylation is 1. The van der Waals surface area contributed by atoms with Gasteiger partial charge in [0.1, 0.15) is 5.75 Å². The van der Waals surface area contributed by atoms with Gasteiger partial charge < -0.3 is 15.3 Å². The highest BCUT2D eigenvalue weighted by molar-refractivity contribution is 7.92. The number of nitrogens with zero attached hydrogens (tertiary/aromatic N) is 1. The first kappa shape index (κ1) is 25.7. The van der Waals surface area contributed by atoms with Crippen LogP contribution < -0.4 is 5.32 Å². The second-order valence-corrected chi connectivity index (χ2v) is 10.5. The van der Waals surface area contributed by atoms with Gasteiger partial charge in [-0.3, -0.25) is 14.4 Å². The molecule has 2 aromatic carbocycles. The van der Waals surface area contributed by atoms with Crippen LogP contribution in [0.15, 0.2) is 64.8 Å². The minimum atomic E-state index is -3.86. The summed E-state index contributed by atoms with van der Waals surface area (Å²) in [5.74, 6) is -3.80. The summed E-state index contributed by atoms with van der Waals surface area (Å²) in [6, 6.07) is 12.7. The van der Waals surface area contributed by atoms with E-state index in [-0.39, 0.29) is 23.6 Å². The third-order valence-electron chi connectivity index (χ3n) is 5.13. The number of aliphatic hydroxyl groups excluding tert-OH is 1. The van der Waals surface area contributed by atoms with E-state index in [0.717, 1.165) is 10.5 Å². The summed E-state index contributed by atoms with van der Waals surface area (Å²) in [6.45, 7) is -0.554. The predicted molar refractivity (Wildman–Crippen MR) is 128 cm³/mol. The Balaban J connectivity index is 1.50. The molecule has 8 nitrogen and oxygen atoms in total. The number of benzene rings is 2. The lowest BCUT2D eigenvalue weighted by Gasteiger charge is -2.15. The summed E-state index contributed by atoms with van der Waals surface area (Å²) in [6.07, 6.45) is 1.20. The number of Topliss-reactive ketones (excluding diaryl/α,β-unsaturated/α-hetero) is 1. The molecule has 11 heteroatoms. The summed E-state index contributed by atoms with van der Waals surface area (Å²) >= 11 is 11.9. The van der Waals surface area contributed by atoms with Gasteiger partial charge in [-0.1, -0.05) is 47.5 Å². The highest BCUT2D eigenvalue weighted by atomic mass is 35.5. The molecule has 2 N–H and O–H groups in total. The zero-order chi connectivity index (χ0) is 24.9. The Morgan fingerprint density at radius 1 is 1.06 bits per heavy atom. The molecule has 0 saturated heterocycles. The zero-order valence-electron chi connectivity index (χ0n) is 18.0. The standard InChI is InChI=1S/C23H22Cl2N2O6S/c24-19-9-8-15(11-20(19)25)5-4-10-26-22(30)18-13-27(23(31)21(18)29)12-16(28)14-34(32,33)17-6-2-1-3-7-17/h1-3,6-9,11,29H,4-5,10,12-14H2,(H,26,30). The van der Waals surface area contributed by atoms with Gasteiger partial charge in [0.25, 0.3) is 11.8 Å². The smallest absolute Gasteiger partial charge is 0.289 e. The maximum absolute atomic E-state index is 12.4. The average molecular weight is 525 g/mol. The van der Waals surface area contributed by atoms with Crippen molar-refractivity contribution in [2.75, 3.05) is 25.4 Å². The molecule has 0 saturated carbocycles. The van der Waals surface area contributed by atoms with Crippen LogP contribution in [-0.4, -0.2) is 61.4 Å². The van der Waals surface area contributed by atoms with Gasteiger partial charge in [-0.15, -0.1) is 0 Å². The minimum Gasteiger partial charge on any atom is -0.503 e. The molecule has 0 radical (unpaired) electrons. The highest BCUT2D eigenvalue weighted by Gasteiger charge is 2.35. The van der Waals surface area contributed by atoms with Gasteiger partial charge in [-0.25, -0.2) is 8.42 Å². The zero-order valence-corrected chi connectivity index (χ0v) is 20.3. The molecule has 0 aromatic heterocycles. The molecule has 2 amide bonds. The van der Waals surface area contributed by atoms with E-state index >= 15 is 0 Å². The van der Waals surface area contributed by atoms with Crippen LogP contribution in [0.5, 0.6) is 0 Å². The van der Waals surface area contributed by atoms with Gasteiger partial charge in [-0.05, 0) is 42.7 Å². The number of amides is 2. The number of carbonyl (C=O) groups is 3. The van der Waals surface area contributed by atoms with Gasteiger partial charge in [0.2, 0.25) is 0 Å². The summed E-state index contributed by atoms with van der Waals surface area (Å²) in [5.41, 5.74) is 0.773. The quantitative estimate of drug-likeness (QED) is 0.461. The fraction of sp³-hybridized carbons (Fsp3) is 0.261. The molecular formula is C23H22Cl2N2O6S. The lowest BCUT2D eigenvalue weighted by Crippen LogP contribution is -2.36. The number of sulfone groups is 1. The van der Waals surface area contributed by atoms with Crippen molar-refractivity contribution >= 4 is 50.6 Å². The average Bonchev–Trinajstić information content (AvgIpc) is 3.07. The van der Waals surface area contributed by atoms with Crippen LogP contribution in [-0.2, 0) is 30.6 Å². The van der Waals surface area contributed by atoms with E-state index in [4.69, 9.17) is 23.2 Å². The first-order valence-corrected chi connectivity index (χ1v) is 12.7. The van der Waals surface area contributed by atoms with Gasteiger partial charge in [0.05, 0.1) is 33.6 Å². The molecule has 0 unspecified atom stereocenters. The number of rotatable bonds is 10. The molecule has 0 fully saturated rings. The Kier molecular flexibility index (Phi) is 8.35. The molecule has 0 atom stereocenters. The van der Waals surface area contributed by atoms with Gasteiger partial charge >= 0.3 is 0 Å². The summed E-state index contributed by atoms with van der Waals surface area (Å²) in [5, 5.41) is 13.6. The van der Waals surface area contributed by atoms with Crippen LogP contribution >= 0.6 is 23.2 Å². The molecule has 0 bridgehead atoms. The summed E-state index contributed by atoms with van der Waals surface area (Å²) in [4.78, 5) is 38.0. The Labute approximate surface area is 207 Å². The molecule has 1 aliphatic rings. The topological polar surface area (TPSA) is 121 Å². The molecule has 34 heavy (non-hydrogen) atoms. The maximum Gasteiger partial charge on any atom is 0.289 e. The molecule has 2 aromatic rings. The number of halogens is 2. The first-order valence-electron chi connectivity index (χ1n) is 10.3. The predicted octanol–water partition coefficient (Wildman–Crippen LogP) is 2.74. The molecule has 1 aliphatic heterocycles. The Morgan fingerprint density at radius 3 is 2.44 bits per heavy atom. The molecule has 3 rings (SSSR count). The van der Waals surface area contributed by atoms with Gasteiger partial charge in [0.15, 0.2) is 21.4 Å². The molecule has 180 valence electrons. The largest absolute Gasteiger partial charge is 0.503 e. The normalized spacial score (nSPS) is 13.9. The molecule has 1 heterocycles. The van der Waals surface area contributed by atoms with Crippen molar-refractivity contribution in [3.05, 3.63) is 75.5 Å². The van der Waals surface area contributed by atoms with Crippen molar-refractivity contribution in [2.24, 2.45) is 0 Å². The summed E-state index contributed by atoms with van der Waals surface area (Å²) in [7, 11) is -3.86. The van der Waals surface area contributed by atoms with Gasteiger partial charge in [-0.2, -0.15) is 0 Å². The van der Waals surface area contributed by atoms with Crippen molar-refractivity contribution < 1.29 is 27.9 Å². The first-order chi connectivity index (χ1) is 16.1. The Morgan fingerprint density at radius 2 is 1.76 bits per heavy atom. The van der Waals surface area contributed by atoms with E-state index < -0.39 is 45.5 Å². The fourth-order valence-electron chi connectivity index (χ4n) is 3.40. The van der Waals surface area contributed by atoms with E-state index in [9.17, 15) is 27.9 Å². The van der Waals surface area contributed by atoms with E-state index in [1.807, 2.05) is 6.07 Å². The fourth-order valence-corrected chi connectivity index (χ4v) is 4.98. The number of carbonyl (C=O) groups excluding carboxylic acids is 3. The number of ketones is 1. The molecular weight excluding hydrogens is 503 g/mol. The van der Waals surface area contributed by atoms with E-state index in [2.05, 4.69) is 5.32 Å². The van der Waals surface area contributed by atoms with Crippen LogP contribution in [0.25, 0.3) is 0 Å². The summed E-state index contributed by atoms with van der Waals surface area (Å²) < 4.78 is 24.7. The van der Waals surface area contributed by atoms with Crippen molar-refractivity contribution in [2.45, 2.75) is 17.7 Å². The van der Waals surface area contributed by atoms with E-state index in [1.54, 1.807) is 30.3 Å². The Hall–Kier alpha value is -2.88. The van der Waals surface area contributed by atoms with Crippen LogP contribution in [0.3, 0.4) is 0 Å². The SMILES string of the molecule is O=C(CN1CC(C(=O)NCCCc2ccc(Cl)c(Cl)c2)=C(O)C1=O)CS(=O)(=O)c1ccccc1.